The molecule has 0 saturated carbocycles. The van der Waals surface area contributed by atoms with E-state index in [0.717, 1.165) is 22.5 Å². The molecule has 12 heteroatoms. The number of carboxylic acid groups (broad SMARTS) is 1. The number of benzene rings is 3. The van der Waals surface area contributed by atoms with E-state index in [-0.39, 0.29) is 17.3 Å². The number of amides is 1. The average Bonchev–Trinajstić information content (AvgIpc) is 2.86. The van der Waals surface area contributed by atoms with Crippen molar-refractivity contribution in [3.05, 3.63) is 100 Å². The zero-order valence-electron chi connectivity index (χ0n) is 19.9. The van der Waals surface area contributed by atoms with E-state index in [1.807, 2.05) is 0 Å². The van der Waals surface area contributed by atoms with Crippen LogP contribution in [0.25, 0.3) is 6.08 Å². The largest absolute Gasteiger partial charge is 0.478 e. The number of sulfonamides is 1. The minimum absolute atomic E-state index is 0.0102. The number of aliphatic carboxylic acids is 1. The predicted octanol–water partition coefficient (Wildman–Crippen LogP) is 5.28. The number of nitrogens with zero attached hydrogens (tertiary/aromatic N) is 1. The summed E-state index contributed by atoms with van der Waals surface area (Å²) < 4.78 is 66.7. The summed E-state index contributed by atoms with van der Waals surface area (Å²) in [6, 6.07) is 14.1. The van der Waals surface area contributed by atoms with Gasteiger partial charge in [-0.25, -0.2) is 13.2 Å². The van der Waals surface area contributed by atoms with Crippen LogP contribution in [0.3, 0.4) is 0 Å². The molecular formula is C26H22ClF3N2O5S. The highest BCUT2D eigenvalue weighted by Crippen LogP contribution is 2.33. The molecule has 0 saturated heterocycles. The Morgan fingerprint density at radius 3 is 2.34 bits per heavy atom. The van der Waals surface area contributed by atoms with Crippen LogP contribution < -0.4 is 9.62 Å². The van der Waals surface area contributed by atoms with Crippen molar-refractivity contribution in [3.8, 4) is 0 Å². The fourth-order valence-electron chi connectivity index (χ4n) is 3.47. The highest BCUT2D eigenvalue weighted by molar-refractivity contribution is 7.92. The zero-order chi connectivity index (χ0) is 28.1. The first-order chi connectivity index (χ1) is 17.8. The van der Waals surface area contributed by atoms with Crippen LogP contribution in [-0.4, -0.2) is 31.9 Å². The second kappa shape index (κ2) is 11.7. The summed E-state index contributed by atoms with van der Waals surface area (Å²) in [5.74, 6) is -1.80. The molecule has 0 radical (unpaired) electrons. The number of carboxylic acids is 1. The van der Waals surface area contributed by atoms with Crippen LogP contribution >= 0.6 is 11.6 Å². The van der Waals surface area contributed by atoms with Crippen LogP contribution in [0.5, 0.6) is 0 Å². The number of carbonyl (C=O) groups excluding carboxylic acids is 1. The summed E-state index contributed by atoms with van der Waals surface area (Å²) in [5.41, 5.74) is 0.644. The van der Waals surface area contributed by atoms with Crippen molar-refractivity contribution in [2.75, 3.05) is 10.8 Å². The third kappa shape index (κ3) is 7.14. The normalized spacial score (nSPS) is 11.9. The lowest BCUT2D eigenvalue weighted by Gasteiger charge is -2.26. The Morgan fingerprint density at radius 2 is 1.71 bits per heavy atom. The fraction of sp³-hybridized carbons (Fsp3) is 0.154. The standard InChI is InChI=1S/C26H22ClF3N2O5S/c1-17-22(27)6-3-7-23(17)32(38(36,37)21-11-9-20(10-12-21)26(28,29)30)16-24(33)31-15-19-5-2-4-18(14-19)8-13-25(34)35/h2-14H,15-16H2,1H3,(H,31,33)(H,34,35). The lowest BCUT2D eigenvalue weighted by molar-refractivity contribution is -0.137. The van der Waals surface area contributed by atoms with Crippen molar-refractivity contribution in [2.24, 2.45) is 0 Å². The van der Waals surface area contributed by atoms with E-state index >= 15 is 0 Å². The van der Waals surface area contributed by atoms with Crippen LogP contribution in [0, 0.1) is 6.92 Å². The molecule has 0 fully saturated rings. The molecule has 2 N–H and O–H groups in total. The minimum Gasteiger partial charge on any atom is -0.478 e. The Kier molecular flexibility index (Phi) is 8.85. The summed E-state index contributed by atoms with van der Waals surface area (Å²) in [6.07, 6.45) is -2.30. The van der Waals surface area contributed by atoms with Gasteiger partial charge in [0.1, 0.15) is 6.54 Å². The van der Waals surface area contributed by atoms with E-state index in [0.29, 0.717) is 28.8 Å². The van der Waals surface area contributed by atoms with Crippen molar-refractivity contribution in [2.45, 2.75) is 24.5 Å². The maximum Gasteiger partial charge on any atom is 0.416 e. The number of carbonyl (C=O) groups is 2. The van der Waals surface area contributed by atoms with Gasteiger partial charge >= 0.3 is 12.1 Å². The quantitative estimate of drug-likeness (QED) is 0.343. The van der Waals surface area contributed by atoms with Gasteiger partial charge in [-0.15, -0.1) is 0 Å². The van der Waals surface area contributed by atoms with Crippen molar-refractivity contribution in [1.82, 2.24) is 5.32 Å². The molecule has 0 aliphatic rings. The summed E-state index contributed by atoms with van der Waals surface area (Å²) in [5, 5.41) is 11.6. The molecule has 200 valence electrons. The van der Waals surface area contributed by atoms with Crippen molar-refractivity contribution in [3.63, 3.8) is 0 Å². The number of nitrogens with one attached hydrogen (secondary N) is 1. The van der Waals surface area contributed by atoms with Gasteiger partial charge in [0.05, 0.1) is 16.1 Å². The number of hydrogen-bond donors (Lipinski definition) is 2. The Hall–Kier alpha value is -3.83. The molecule has 0 heterocycles. The maximum absolute atomic E-state index is 13.5. The van der Waals surface area contributed by atoms with E-state index in [4.69, 9.17) is 16.7 Å². The first-order valence-electron chi connectivity index (χ1n) is 11.0. The molecule has 0 bridgehead atoms. The van der Waals surface area contributed by atoms with Gasteiger partial charge in [-0.05, 0) is 72.2 Å². The second-order valence-corrected chi connectivity index (χ2v) is 10.4. The molecule has 1 amide bonds. The van der Waals surface area contributed by atoms with Gasteiger partial charge in [0.15, 0.2) is 0 Å². The SMILES string of the molecule is Cc1c(Cl)cccc1N(CC(=O)NCc1cccc(C=CC(=O)O)c1)S(=O)(=O)c1ccc(C(F)(F)F)cc1. The molecule has 38 heavy (non-hydrogen) atoms. The first-order valence-corrected chi connectivity index (χ1v) is 12.8. The molecule has 0 aliphatic heterocycles. The third-order valence-electron chi connectivity index (χ3n) is 5.42. The summed E-state index contributed by atoms with van der Waals surface area (Å²) in [4.78, 5) is 23.2. The number of anilines is 1. The Labute approximate surface area is 222 Å². The van der Waals surface area contributed by atoms with Gasteiger partial charge in [-0.3, -0.25) is 9.10 Å². The van der Waals surface area contributed by atoms with E-state index < -0.39 is 45.1 Å². The van der Waals surface area contributed by atoms with E-state index in [9.17, 15) is 31.2 Å². The molecule has 0 spiro atoms. The third-order valence-corrected chi connectivity index (χ3v) is 7.61. The Bertz CT molecular complexity index is 1470. The summed E-state index contributed by atoms with van der Waals surface area (Å²) in [7, 11) is -4.47. The Morgan fingerprint density at radius 1 is 1.05 bits per heavy atom. The Balaban J connectivity index is 1.88. The monoisotopic (exact) mass is 566 g/mol. The van der Waals surface area contributed by atoms with Gasteiger partial charge in [0.25, 0.3) is 10.0 Å². The molecule has 0 unspecified atom stereocenters. The van der Waals surface area contributed by atoms with Gasteiger partial charge in [-0.1, -0.05) is 35.9 Å². The molecule has 0 aliphatic carbocycles. The molecular weight excluding hydrogens is 545 g/mol. The van der Waals surface area contributed by atoms with Crippen LogP contribution in [0.15, 0.2) is 77.7 Å². The second-order valence-electron chi connectivity index (χ2n) is 8.11. The topological polar surface area (TPSA) is 104 Å². The first kappa shape index (κ1) is 28.7. The summed E-state index contributed by atoms with van der Waals surface area (Å²) in [6.45, 7) is 0.889. The van der Waals surface area contributed by atoms with Gasteiger partial charge in [-0.2, -0.15) is 13.2 Å². The number of rotatable bonds is 9. The number of halogens is 4. The molecule has 3 rings (SSSR count). The van der Waals surface area contributed by atoms with Crippen molar-refractivity contribution < 1.29 is 36.3 Å². The van der Waals surface area contributed by atoms with Crippen LogP contribution in [0.4, 0.5) is 18.9 Å². The maximum atomic E-state index is 13.5. The molecule has 0 atom stereocenters. The van der Waals surface area contributed by atoms with Gasteiger partial charge < -0.3 is 10.4 Å². The highest BCUT2D eigenvalue weighted by atomic mass is 35.5. The molecule has 0 aromatic heterocycles. The van der Waals surface area contributed by atoms with Gasteiger partial charge in [0, 0.05) is 17.6 Å². The van der Waals surface area contributed by atoms with E-state index in [2.05, 4.69) is 5.32 Å². The highest BCUT2D eigenvalue weighted by Gasteiger charge is 2.33. The predicted molar refractivity (Wildman–Crippen MR) is 137 cm³/mol. The smallest absolute Gasteiger partial charge is 0.416 e. The lowest BCUT2D eigenvalue weighted by Crippen LogP contribution is -2.41. The zero-order valence-corrected chi connectivity index (χ0v) is 21.4. The molecule has 3 aromatic carbocycles. The van der Waals surface area contributed by atoms with Crippen LogP contribution in [0.2, 0.25) is 5.02 Å². The fourth-order valence-corrected chi connectivity index (χ4v) is 5.12. The number of alkyl halides is 3. The van der Waals surface area contributed by atoms with E-state index in [1.165, 1.54) is 24.3 Å². The van der Waals surface area contributed by atoms with Crippen molar-refractivity contribution >= 4 is 45.3 Å². The lowest BCUT2D eigenvalue weighted by atomic mass is 10.1. The molecule has 3 aromatic rings. The number of hydrogen-bond acceptors (Lipinski definition) is 4. The van der Waals surface area contributed by atoms with Crippen LogP contribution in [-0.2, 0) is 32.3 Å². The molecule has 7 nitrogen and oxygen atoms in total. The average molecular weight is 567 g/mol. The minimum atomic E-state index is -4.65. The summed E-state index contributed by atoms with van der Waals surface area (Å²) >= 11 is 6.17. The van der Waals surface area contributed by atoms with Crippen LogP contribution in [0.1, 0.15) is 22.3 Å². The van der Waals surface area contributed by atoms with Gasteiger partial charge in [0.2, 0.25) is 5.91 Å². The van der Waals surface area contributed by atoms with Crippen molar-refractivity contribution in [1.29, 1.82) is 0 Å². The van der Waals surface area contributed by atoms with E-state index in [1.54, 1.807) is 31.2 Å².